The fraction of sp³-hybridized carbons (Fsp3) is 0.733. The highest BCUT2D eigenvalue weighted by Gasteiger charge is 2.15. The van der Waals surface area contributed by atoms with E-state index < -0.39 is 5.97 Å². The number of nitrogens with zero attached hydrogens (tertiary/aromatic N) is 2. The summed E-state index contributed by atoms with van der Waals surface area (Å²) in [4.78, 5) is 15.0. The van der Waals surface area contributed by atoms with Crippen LogP contribution >= 0.6 is 11.8 Å². The molecule has 6 heteroatoms. The third-order valence-electron chi connectivity index (χ3n) is 3.81. The average Bonchev–Trinajstić information content (AvgIpc) is 2.88. The maximum atomic E-state index is 10.7. The number of carboxylic acids is 1. The molecule has 1 fully saturated rings. The summed E-state index contributed by atoms with van der Waals surface area (Å²) in [6.45, 7) is 3.51. The molecule has 0 spiro atoms. The molecule has 0 atom stereocenters. The van der Waals surface area contributed by atoms with Gasteiger partial charge in [0.2, 0.25) is 0 Å². The second-order valence-corrected chi connectivity index (χ2v) is 6.29. The van der Waals surface area contributed by atoms with Crippen molar-refractivity contribution in [2.75, 3.05) is 12.4 Å². The van der Waals surface area contributed by atoms with Crippen LogP contribution in [0, 0.1) is 0 Å². The Bertz CT molecular complexity index is 456. The van der Waals surface area contributed by atoms with E-state index in [-0.39, 0.29) is 5.75 Å². The number of aliphatic carboxylic acids is 1. The van der Waals surface area contributed by atoms with Crippen molar-refractivity contribution in [3.63, 3.8) is 0 Å². The molecule has 5 nitrogen and oxygen atoms in total. The van der Waals surface area contributed by atoms with Crippen LogP contribution in [0.15, 0.2) is 11.4 Å². The standard InChI is InChI=1S/C15H24N2O3S/c1-2-12-10-16-15(21-11-14(18)19)17(12)8-9-20-13-6-4-3-5-7-13/h10,13H,2-9,11H2,1H3,(H,18,19). The van der Waals surface area contributed by atoms with Gasteiger partial charge in [0, 0.05) is 18.4 Å². The molecule has 0 saturated heterocycles. The van der Waals surface area contributed by atoms with Gasteiger partial charge in [-0.3, -0.25) is 4.79 Å². The number of carboxylic acid groups (broad SMARTS) is 1. The molecule has 0 bridgehead atoms. The van der Waals surface area contributed by atoms with E-state index in [0.717, 1.165) is 23.8 Å². The largest absolute Gasteiger partial charge is 0.481 e. The summed E-state index contributed by atoms with van der Waals surface area (Å²) in [6.07, 6.45) is 9.36. The van der Waals surface area contributed by atoms with Gasteiger partial charge in [-0.05, 0) is 19.3 Å². The Hall–Kier alpha value is -1.01. The molecule has 21 heavy (non-hydrogen) atoms. The van der Waals surface area contributed by atoms with E-state index >= 15 is 0 Å². The quantitative estimate of drug-likeness (QED) is 0.748. The number of thioether (sulfide) groups is 1. The van der Waals surface area contributed by atoms with E-state index in [0.29, 0.717) is 12.7 Å². The highest BCUT2D eigenvalue weighted by atomic mass is 32.2. The number of hydrogen-bond acceptors (Lipinski definition) is 4. The van der Waals surface area contributed by atoms with Crippen molar-refractivity contribution >= 4 is 17.7 Å². The Morgan fingerprint density at radius 3 is 2.90 bits per heavy atom. The normalized spacial score (nSPS) is 16.2. The minimum atomic E-state index is -0.814. The van der Waals surface area contributed by atoms with Crippen LogP contribution < -0.4 is 0 Å². The molecule has 0 amide bonds. The van der Waals surface area contributed by atoms with Gasteiger partial charge < -0.3 is 14.4 Å². The third-order valence-corrected chi connectivity index (χ3v) is 4.78. The van der Waals surface area contributed by atoms with Crippen LogP contribution in [-0.4, -0.2) is 39.1 Å². The molecule has 1 aromatic heterocycles. The molecule has 0 aliphatic heterocycles. The highest BCUT2D eigenvalue weighted by molar-refractivity contribution is 7.99. The van der Waals surface area contributed by atoms with Gasteiger partial charge in [0.1, 0.15) is 0 Å². The van der Waals surface area contributed by atoms with E-state index in [1.54, 1.807) is 0 Å². The van der Waals surface area contributed by atoms with E-state index in [1.165, 1.54) is 43.9 Å². The first-order chi connectivity index (χ1) is 10.2. The summed E-state index contributed by atoms with van der Waals surface area (Å²) in [6, 6.07) is 0. The highest BCUT2D eigenvalue weighted by Crippen LogP contribution is 2.22. The number of aromatic nitrogens is 2. The van der Waals surface area contributed by atoms with Crippen molar-refractivity contribution in [2.24, 2.45) is 0 Å². The number of rotatable bonds is 8. The molecule has 1 aliphatic rings. The number of imidazole rings is 1. The fourth-order valence-electron chi connectivity index (χ4n) is 2.70. The first kappa shape index (κ1) is 16.4. The van der Waals surface area contributed by atoms with E-state index in [9.17, 15) is 4.79 Å². The number of hydrogen-bond donors (Lipinski definition) is 1. The van der Waals surface area contributed by atoms with Gasteiger partial charge in [0.15, 0.2) is 5.16 Å². The smallest absolute Gasteiger partial charge is 0.313 e. The monoisotopic (exact) mass is 312 g/mol. The Morgan fingerprint density at radius 1 is 1.48 bits per heavy atom. The molecular formula is C15H24N2O3S. The van der Waals surface area contributed by atoms with Crippen LogP contribution in [0.25, 0.3) is 0 Å². The van der Waals surface area contributed by atoms with Crippen LogP contribution in [-0.2, 0) is 22.5 Å². The second-order valence-electron chi connectivity index (χ2n) is 5.35. The minimum absolute atomic E-state index is 0.0453. The van der Waals surface area contributed by atoms with Gasteiger partial charge >= 0.3 is 5.97 Å². The maximum absolute atomic E-state index is 10.7. The van der Waals surface area contributed by atoms with E-state index in [4.69, 9.17) is 9.84 Å². The van der Waals surface area contributed by atoms with Gasteiger partial charge in [-0.15, -0.1) is 0 Å². The van der Waals surface area contributed by atoms with Crippen LogP contribution in [0.3, 0.4) is 0 Å². The molecular weight excluding hydrogens is 288 g/mol. The van der Waals surface area contributed by atoms with Crippen LogP contribution in [0.4, 0.5) is 0 Å². The fourth-order valence-corrected chi connectivity index (χ4v) is 3.44. The predicted octanol–water partition coefficient (Wildman–Crippen LogP) is 2.97. The van der Waals surface area contributed by atoms with Crippen molar-refractivity contribution in [3.8, 4) is 0 Å². The molecule has 0 unspecified atom stereocenters. The van der Waals surface area contributed by atoms with E-state index in [1.807, 2.05) is 6.20 Å². The number of carbonyl (C=O) groups is 1. The zero-order valence-electron chi connectivity index (χ0n) is 12.6. The molecule has 118 valence electrons. The van der Waals surface area contributed by atoms with Gasteiger partial charge in [-0.1, -0.05) is 37.9 Å². The lowest BCUT2D eigenvalue weighted by Crippen LogP contribution is -2.20. The van der Waals surface area contributed by atoms with Gasteiger partial charge in [0.05, 0.1) is 18.5 Å². The summed E-state index contributed by atoms with van der Waals surface area (Å²) in [5.41, 5.74) is 1.13. The molecule has 1 heterocycles. The minimum Gasteiger partial charge on any atom is -0.481 e. The molecule has 1 N–H and O–H groups in total. The van der Waals surface area contributed by atoms with E-state index in [2.05, 4.69) is 16.5 Å². The Kier molecular flexibility index (Phi) is 6.57. The summed E-state index contributed by atoms with van der Waals surface area (Å²) in [5, 5.41) is 9.57. The molecule has 1 aromatic rings. The van der Waals surface area contributed by atoms with Crippen LogP contribution in [0.1, 0.15) is 44.7 Å². The van der Waals surface area contributed by atoms with Crippen molar-refractivity contribution < 1.29 is 14.6 Å². The lowest BCUT2D eigenvalue weighted by atomic mass is 9.98. The van der Waals surface area contributed by atoms with Crippen molar-refractivity contribution in [2.45, 2.75) is 63.3 Å². The molecule has 0 aromatic carbocycles. The van der Waals surface area contributed by atoms with Gasteiger partial charge in [-0.2, -0.15) is 0 Å². The molecule has 1 saturated carbocycles. The molecule has 1 aliphatic carbocycles. The summed E-state index contributed by atoms with van der Waals surface area (Å²) < 4.78 is 8.06. The van der Waals surface area contributed by atoms with Crippen molar-refractivity contribution in [1.82, 2.24) is 9.55 Å². The Labute approximate surface area is 130 Å². The van der Waals surface area contributed by atoms with Crippen LogP contribution in [0.2, 0.25) is 0 Å². The molecule has 2 rings (SSSR count). The predicted molar refractivity (Wildman–Crippen MR) is 82.8 cm³/mol. The zero-order chi connectivity index (χ0) is 15.1. The number of ether oxygens (including phenoxy) is 1. The average molecular weight is 312 g/mol. The summed E-state index contributed by atoms with van der Waals surface area (Å²) >= 11 is 1.27. The second kappa shape index (κ2) is 8.44. The third kappa shape index (κ3) is 5.04. The van der Waals surface area contributed by atoms with Crippen molar-refractivity contribution in [3.05, 3.63) is 11.9 Å². The molecule has 0 radical (unpaired) electrons. The SMILES string of the molecule is CCc1cnc(SCC(=O)O)n1CCOC1CCCCC1. The lowest BCUT2D eigenvalue weighted by molar-refractivity contribution is -0.133. The van der Waals surface area contributed by atoms with Gasteiger partial charge in [0.25, 0.3) is 0 Å². The maximum Gasteiger partial charge on any atom is 0.313 e. The number of aryl methyl sites for hydroxylation is 1. The Balaban J connectivity index is 1.87. The first-order valence-electron chi connectivity index (χ1n) is 7.71. The summed E-state index contributed by atoms with van der Waals surface area (Å²) in [7, 11) is 0. The van der Waals surface area contributed by atoms with Crippen molar-refractivity contribution in [1.29, 1.82) is 0 Å². The topological polar surface area (TPSA) is 64.3 Å². The lowest BCUT2D eigenvalue weighted by Gasteiger charge is -2.22. The van der Waals surface area contributed by atoms with Crippen LogP contribution in [0.5, 0.6) is 0 Å². The Morgan fingerprint density at radius 2 is 2.24 bits per heavy atom. The van der Waals surface area contributed by atoms with Gasteiger partial charge in [-0.25, -0.2) is 4.98 Å². The zero-order valence-corrected chi connectivity index (χ0v) is 13.4. The summed E-state index contributed by atoms with van der Waals surface area (Å²) in [5.74, 6) is -0.769. The first-order valence-corrected chi connectivity index (χ1v) is 8.70.